The molecule has 1 aliphatic carbocycles. The topological polar surface area (TPSA) is 98.6 Å². The number of Topliss-reactive ketones (excluding diaryl/α,β-unsaturated/α-hetero) is 1. The normalized spacial score (nSPS) is 17.5. The van der Waals surface area contributed by atoms with Crippen LogP contribution in [0.3, 0.4) is 0 Å². The number of hydrogen-bond acceptors (Lipinski definition) is 7. The Morgan fingerprint density at radius 3 is 2.81 bits per heavy atom. The number of methoxy groups -OCH3 is 1. The average molecular weight is 425 g/mol. The maximum Gasteiger partial charge on any atom is 0.260 e. The second kappa shape index (κ2) is 8.79. The smallest absolute Gasteiger partial charge is 0.260 e. The summed E-state index contributed by atoms with van der Waals surface area (Å²) in [4.78, 5) is 31.1. The van der Waals surface area contributed by atoms with Crippen LogP contribution in [0.15, 0.2) is 35.8 Å². The van der Waals surface area contributed by atoms with Gasteiger partial charge < -0.3 is 19.7 Å². The summed E-state index contributed by atoms with van der Waals surface area (Å²) in [5.41, 5.74) is 2.47. The molecular weight excluding hydrogens is 398 g/mol. The van der Waals surface area contributed by atoms with Gasteiger partial charge in [0.15, 0.2) is 23.9 Å². The van der Waals surface area contributed by atoms with E-state index in [1.54, 1.807) is 22.8 Å². The van der Waals surface area contributed by atoms with Crippen LogP contribution >= 0.6 is 0 Å². The van der Waals surface area contributed by atoms with Crippen LogP contribution in [0, 0.1) is 0 Å². The number of ketones is 1. The van der Waals surface area contributed by atoms with Gasteiger partial charge in [-0.3, -0.25) is 9.59 Å². The van der Waals surface area contributed by atoms with E-state index in [4.69, 9.17) is 9.47 Å². The van der Waals surface area contributed by atoms with Gasteiger partial charge in [-0.15, -0.1) is 0 Å². The number of carbonyl (C=O) groups excluding carboxylic acids is 2. The van der Waals surface area contributed by atoms with E-state index in [9.17, 15) is 9.59 Å². The molecule has 0 saturated carbocycles. The summed E-state index contributed by atoms with van der Waals surface area (Å²) in [6.07, 6.45) is 3.62. The molecule has 0 radical (unpaired) electrons. The predicted octanol–water partition coefficient (Wildman–Crippen LogP) is 2.56. The first-order valence-corrected chi connectivity index (χ1v) is 10.6. The lowest BCUT2D eigenvalue weighted by atomic mass is 9.85. The van der Waals surface area contributed by atoms with E-state index in [2.05, 4.69) is 15.4 Å². The number of rotatable bonds is 7. The number of carbonyl (C=O) groups is 2. The van der Waals surface area contributed by atoms with Gasteiger partial charge in [0.1, 0.15) is 12.4 Å². The molecule has 1 amide bonds. The Morgan fingerprint density at radius 1 is 1.26 bits per heavy atom. The zero-order chi connectivity index (χ0) is 22.0. The Bertz CT molecular complexity index is 1020. The zero-order valence-corrected chi connectivity index (χ0v) is 18.1. The Kier molecular flexibility index (Phi) is 5.92. The molecule has 1 N–H and O–H groups in total. The van der Waals surface area contributed by atoms with E-state index >= 15 is 0 Å². The van der Waals surface area contributed by atoms with Crippen molar-refractivity contribution >= 4 is 17.6 Å². The number of aromatic nitrogens is 3. The number of likely N-dealkylation sites (N-methyl/N-ethyl adjacent to an activating group) is 1. The van der Waals surface area contributed by atoms with Gasteiger partial charge in [0.25, 0.3) is 5.91 Å². The summed E-state index contributed by atoms with van der Waals surface area (Å²) in [7, 11) is 1.55. The number of nitrogens with one attached hydrogen (secondary N) is 1. The molecule has 1 aromatic carbocycles. The van der Waals surface area contributed by atoms with Crippen LogP contribution in [0.1, 0.15) is 44.7 Å². The highest BCUT2D eigenvalue weighted by atomic mass is 16.5. The van der Waals surface area contributed by atoms with Gasteiger partial charge in [-0.25, -0.2) is 4.68 Å². The van der Waals surface area contributed by atoms with Crippen molar-refractivity contribution < 1.29 is 19.1 Å². The molecule has 0 fully saturated rings. The monoisotopic (exact) mass is 425 g/mol. The molecule has 0 bridgehead atoms. The SMILES string of the molecule is CCN(CC)C(=O)COc1ccc(C2C3=C(CCCC3=O)Nc3ncnn32)cc1OC. The molecule has 1 aliphatic heterocycles. The van der Waals surface area contributed by atoms with Crippen molar-refractivity contribution in [2.75, 3.05) is 32.1 Å². The van der Waals surface area contributed by atoms with Crippen LogP contribution in [0.25, 0.3) is 0 Å². The van der Waals surface area contributed by atoms with Crippen LogP contribution in [-0.2, 0) is 9.59 Å². The number of allylic oxidation sites excluding steroid dienone is 2. The summed E-state index contributed by atoms with van der Waals surface area (Å²) in [6, 6.07) is 5.11. The summed E-state index contributed by atoms with van der Waals surface area (Å²) in [5, 5.41) is 7.60. The van der Waals surface area contributed by atoms with Crippen molar-refractivity contribution in [1.82, 2.24) is 19.7 Å². The lowest BCUT2D eigenvalue weighted by Crippen LogP contribution is -2.34. The van der Waals surface area contributed by atoms with Crippen molar-refractivity contribution in [3.63, 3.8) is 0 Å². The molecule has 2 aliphatic rings. The van der Waals surface area contributed by atoms with E-state index in [-0.39, 0.29) is 24.3 Å². The molecule has 1 atom stereocenters. The van der Waals surface area contributed by atoms with Crippen LogP contribution in [-0.4, -0.2) is 58.2 Å². The minimum absolute atomic E-state index is 0.0637. The highest BCUT2D eigenvalue weighted by Crippen LogP contribution is 2.41. The largest absolute Gasteiger partial charge is 0.493 e. The van der Waals surface area contributed by atoms with E-state index in [0.29, 0.717) is 37.0 Å². The third-order valence-corrected chi connectivity index (χ3v) is 5.78. The number of fused-ring (bicyclic) bond motifs is 1. The summed E-state index contributed by atoms with van der Waals surface area (Å²) in [6.45, 7) is 5.07. The summed E-state index contributed by atoms with van der Waals surface area (Å²) >= 11 is 0. The van der Waals surface area contributed by atoms with Crippen LogP contribution < -0.4 is 14.8 Å². The molecular formula is C22H27N5O4. The number of benzene rings is 1. The number of ether oxygens (including phenoxy) is 2. The first-order valence-electron chi connectivity index (χ1n) is 10.6. The standard InChI is InChI=1S/C22H27N5O4/c1-4-26(5-2)19(29)12-31-17-10-9-14(11-18(17)30-3)21-20-15(7-6-8-16(20)28)25-22-23-13-24-27(21)22/h9-11,13,21H,4-8,12H2,1-3H3,(H,23,24,25). The van der Waals surface area contributed by atoms with Crippen molar-refractivity contribution in [1.29, 1.82) is 0 Å². The number of nitrogens with zero attached hydrogens (tertiary/aromatic N) is 4. The third kappa shape index (κ3) is 3.87. The fraction of sp³-hybridized carbons (Fsp3) is 0.455. The van der Waals surface area contributed by atoms with Crippen molar-refractivity contribution in [2.45, 2.75) is 39.2 Å². The molecule has 2 aromatic rings. The first kappa shape index (κ1) is 20.9. The number of anilines is 1. The summed E-state index contributed by atoms with van der Waals surface area (Å²) in [5.74, 6) is 1.62. The number of hydrogen-bond donors (Lipinski definition) is 1. The molecule has 9 heteroatoms. The fourth-order valence-electron chi connectivity index (χ4n) is 4.18. The Hall–Kier alpha value is -3.36. The quantitative estimate of drug-likeness (QED) is 0.728. The minimum atomic E-state index is -0.387. The highest BCUT2D eigenvalue weighted by Gasteiger charge is 2.36. The van der Waals surface area contributed by atoms with Gasteiger partial charge in [-0.05, 0) is 44.4 Å². The van der Waals surface area contributed by atoms with Gasteiger partial charge in [-0.1, -0.05) is 6.07 Å². The highest BCUT2D eigenvalue weighted by molar-refractivity contribution is 5.99. The van der Waals surface area contributed by atoms with Crippen LogP contribution in [0.2, 0.25) is 0 Å². The Balaban J connectivity index is 1.65. The first-order chi connectivity index (χ1) is 15.1. The van der Waals surface area contributed by atoms with E-state index in [1.165, 1.54) is 6.33 Å². The summed E-state index contributed by atoms with van der Waals surface area (Å²) < 4.78 is 13.0. The van der Waals surface area contributed by atoms with Crippen molar-refractivity contribution in [3.8, 4) is 11.5 Å². The molecule has 31 heavy (non-hydrogen) atoms. The van der Waals surface area contributed by atoms with Gasteiger partial charge in [0.05, 0.1) is 7.11 Å². The third-order valence-electron chi connectivity index (χ3n) is 5.78. The second-order valence-corrected chi connectivity index (χ2v) is 7.49. The molecule has 9 nitrogen and oxygen atoms in total. The molecule has 0 saturated heterocycles. The van der Waals surface area contributed by atoms with Crippen LogP contribution in [0.4, 0.5) is 5.95 Å². The zero-order valence-electron chi connectivity index (χ0n) is 18.1. The van der Waals surface area contributed by atoms with E-state index < -0.39 is 0 Å². The predicted molar refractivity (Wildman–Crippen MR) is 114 cm³/mol. The Morgan fingerprint density at radius 2 is 2.06 bits per heavy atom. The second-order valence-electron chi connectivity index (χ2n) is 7.49. The van der Waals surface area contributed by atoms with Gasteiger partial charge in [0, 0.05) is 30.8 Å². The van der Waals surface area contributed by atoms with Crippen molar-refractivity contribution in [2.24, 2.45) is 0 Å². The van der Waals surface area contributed by atoms with Crippen LogP contribution in [0.5, 0.6) is 11.5 Å². The molecule has 1 unspecified atom stereocenters. The van der Waals surface area contributed by atoms with E-state index in [0.717, 1.165) is 29.7 Å². The maximum atomic E-state index is 12.8. The average Bonchev–Trinajstić information content (AvgIpc) is 3.25. The fourth-order valence-corrected chi connectivity index (χ4v) is 4.18. The molecule has 164 valence electrons. The van der Waals surface area contributed by atoms with Gasteiger partial charge in [0.2, 0.25) is 5.95 Å². The molecule has 4 rings (SSSR count). The lowest BCUT2D eigenvalue weighted by molar-refractivity contribution is -0.133. The lowest BCUT2D eigenvalue weighted by Gasteiger charge is -2.32. The van der Waals surface area contributed by atoms with Crippen molar-refractivity contribution in [3.05, 3.63) is 41.4 Å². The molecule has 0 spiro atoms. The molecule has 1 aromatic heterocycles. The van der Waals surface area contributed by atoms with Gasteiger partial charge >= 0.3 is 0 Å². The maximum absolute atomic E-state index is 12.8. The van der Waals surface area contributed by atoms with Gasteiger partial charge in [-0.2, -0.15) is 10.1 Å². The van der Waals surface area contributed by atoms with E-state index in [1.807, 2.05) is 26.0 Å². The minimum Gasteiger partial charge on any atom is -0.493 e. The molecule has 2 heterocycles. The Labute approximate surface area is 181 Å². The number of amides is 1.